The summed E-state index contributed by atoms with van der Waals surface area (Å²) < 4.78 is 5.38. The first-order chi connectivity index (χ1) is 7.42. The van der Waals surface area contributed by atoms with Crippen LogP contribution in [-0.4, -0.2) is 16.5 Å². The molecule has 4 heteroatoms. The Balaban J connectivity index is 2.28. The van der Waals surface area contributed by atoms with Gasteiger partial charge in [0.25, 0.3) is 0 Å². The minimum Gasteiger partial charge on any atom is -0.467 e. The van der Waals surface area contributed by atoms with E-state index >= 15 is 0 Å². The van der Waals surface area contributed by atoms with Crippen LogP contribution in [0.1, 0.15) is 24.4 Å². The van der Waals surface area contributed by atoms with Gasteiger partial charge >= 0.3 is 0 Å². The molecular weight excluding hydrogens is 190 g/mol. The van der Waals surface area contributed by atoms with E-state index in [1.807, 2.05) is 18.2 Å². The Labute approximate surface area is 88.4 Å². The summed E-state index contributed by atoms with van der Waals surface area (Å²) in [5.74, 6) is 0.871. The van der Waals surface area contributed by atoms with Crippen LogP contribution in [0.5, 0.6) is 0 Å². The maximum Gasteiger partial charge on any atom is 0.126 e. The fourth-order valence-corrected chi connectivity index (χ4v) is 1.48. The van der Waals surface area contributed by atoms with Crippen molar-refractivity contribution in [2.75, 3.05) is 6.54 Å². The zero-order valence-electron chi connectivity index (χ0n) is 8.55. The SMILES string of the molecule is CCNC(c1ccncn1)c1ccco1. The fraction of sp³-hybridized carbons (Fsp3) is 0.273. The summed E-state index contributed by atoms with van der Waals surface area (Å²) in [6.07, 6.45) is 4.94. The Morgan fingerprint density at radius 1 is 1.47 bits per heavy atom. The number of furan rings is 1. The molecule has 2 aromatic heterocycles. The van der Waals surface area contributed by atoms with E-state index in [0.29, 0.717) is 0 Å². The minimum absolute atomic E-state index is 0.00741. The lowest BCUT2D eigenvalue weighted by Gasteiger charge is -2.14. The Bertz CT molecular complexity index is 385. The highest BCUT2D eigenvalue weighted by molar-refractivity contribution is 5.18. The molecule has 0 radical (unpaired) electrons. The smallest absolute Gasteiger partial charge is 0.126 e. The van der Waals surface area contributed by atoms with Crippen LogP contribution in [0.2, 0.25) is 0 Å². The molecule has 1 N–H and O–H groups in total. The van der Waals surface area contributed by atoms with Gasteiger partial charge in [-0.3, -0.25) is 0 Å². The van der Waals surface area contributed by atoms with Gasteiger partial charge < -0.3 is 9.73 Å². The number of rotatable bonds is 4. The Hall–Kier alpha value is -1.68. The van der Waals surface area contributed by atoms with Crippen LogP contribution < -0.4 is 5.32 Å². The predicted molar refractivity (Wildman–Crippen MR) is 56.3 cm³/mol. The maximum absolute atomic E-state index is 5.38. The molecular formula is C11H13N3O. The molecule has 2 aromatic rings. The first kappa shape index (κ1) is 9.86. The third kappa shape index (κ3) is 2.22. The molecule has 15 heavy (non-hydrogen) atoms. The van der Waals surface area contributed by atoms with Crippen LogP contribution in [0.25, 0.3) is 0 Å². The summed E-state index contributed by atoms with van der Waals surface area (Å²) in [5.41, 5.74) is 0.918. The monoisotopic (exact) mass is 203 g/mol. The highest BCUT2D eigenvalue weighted by Gasteiger charge is 2.16. The molecule has 0 saturated heterocycles. The van der Waals surface area contributed by atoms with Crippen molar-refractivity contribution in [1.82, 2.24) is 15.3 Å². The summed E-state index contributed by atoms with van der Waals surface area (Å²) >= 11 is 0. The van der Waals surface area contributed by atoms with Gasteiger partial charge in [0.1, 0.15) is 18.1 Å². The predicted octanol–water partition coefficient (Wildman–Crippen LogP) is 1.77. The lowest BCUT2D eigenvalue weighted by atomic mass is 10.1. The van der Waals surface area contributed by atoms with Gasteiger partial charge in [-0.05, 0) is 24.7 Å². The zero-order chi connectivity index (χ0) is 10.5. The zero-order valence-corrected chi connectivity index (χ0v) is 8.55. The maximum atomic E-state index is 5.38. The summed E-state index contributed by atoms with van der Waals surface area (Å²) in [4.78, 5) is 8.12. The fourth-order valence-electron chi connectivity index (χ4n) is 1.48. The third-order valence-electron chi connectivity index (χ3n) is 2.14. The van der Waals surface area contributed by atoms with Crippen LogP contribution in [0.3, 0.4) is 0 Å². The van der Waals surface area contributed by atoms with Crippen LogP contribution in [0.4, 0.5) is 0 Å². The minimum atomic E-state index is 0.00741. The van der Waals surface area contributed by atoms with E-state index in [4.69, 9.17) is 4.42 Å². The van der Waals surface area contributed by atoms with E-state index in [9.17, 15) is 0 Å². The van der Waals surface area contributed by atoms with Gasteiger partial charge in [-0.25, -0.2) is 9.97 Å². The second-order valence-corrected chi connectivity index (χ2v) is 3.14. The average Bonchev–Trinajstić information content (AvgIpc) is 2.80. The van der Waals surface area contributed by atoms with Crippen molar-refractivity contribution < 1.29 is 4.42 Å². The molecule has 0 bridgehead atoms. The lowest BCUT2D eigenvalue weighted by Crippen LogP contribution is -2.22. The molecule has 78 valence electrons. The van der Waals surface area contributed by atoms with Gasteiger partial charge in [-0.2, -0.15) is 0 Å². The standard InChI is InChI=1S/C11H13N3O/c1-2-13-11(10-4-3-7-15-10)9-5-6-12-8-14-9/h3-8,11,13H,2H2,1H3. The van der Waals surface area contributed by atoms with Crippen molar-refractivity contribution in [2.45, 2.75) is 13.0 Å². The molecule has 0 spiro atoms. The van der Waals surface area contributed by atoms with Crippen molar-refractivity contribution in [3.05, 3.63) is 48.4 Å². The molecule has 0 saturated carbocycles. The Kier molecular flexibility index (Phi) is 3.09. The number of hydrogen-bond acceptors (Lipinski definition) is 4. The quantitative estimate of drug-likeness (QED) is 0.822. The van der Waals surface area contributed by atoms with Crippen molar-refractivity contribution in [1.29, 1.82) is 0 Å². The van der Waals surface area contributed by atoms with Crippen molar-refractivity contribution in [3.8, 4) is 0 Å². The highest BCUT2D eigenvalue weighted by Crippen LogP contribution is 2.19. The second kappa shape index (κ2) is 4.70. The van der Waals surface area contributed by atoms with Gasteiger partial charge in [0, 0.05) is 6.20 Å². The molecule has 1 atom stereocenters. The summed E-state index contributed by atoms with van der Waals surface area (Å²) in [7, 11) is 0. The molecule has 0 aliphatic carbocycles. The van der Waals surface area contributed by atoms with E-state index in [2.05, 4.69) is 22.2 Å². The second-order valence-electron chi connectivity index (χ2n) is 3.14. The van der Waals surface area contributed by atoms with Gasteiger partial charge in [0.2, 0.25) is 0 Å². The first-order valence-electron chi connectivity index (χ1n) is 4.94. The van der Waals surface area contributed by atoms with Gasteiger partial charge in [0.05, 0.1) is 12.0 Å². The highest BCUT2D eigenvalue weighted by atomic mass is 16.3. The van der Waals surface area contributed by atoms with Crippen LogP contribution >= 0.6 is 0 Å². The molecule has 0 aliphatic rings. The van der Waals surface area contributed by atoms with E-state index in [0.717, 1.165) is 18.0 Å². The molecule has 1 unspecified atom stereocenters. The molecule has 2 rings (SSSR count). The van der Waals surface area contributed by atoms with Crippen molar-refractivity contribution in [3.63, 3.8) is 0 Å². The lowest BCUT2D eigenvalue weighted by molar-refractivity contribution is 0.447. The molecule has 2 heterocycles. The van der Waals surface area contributed by atoms with Crippen molar-refractivity contribution >= 4 is 0 Å². The summed E-state index contributed by atoms with van der Waals surface area (Å²) in [6.45, 7) is 2.91. The topological polar surface area (TPSA) is 51.0 Å². The number of aromatic nitrogens is 2. The molecule has 4 nitrogen and oxygen atoms in total. The van der Waals surface area contributed by atoms with Gasteiger partial charge in [0.15, 0.2) is 0 Å². The number of nitrogens with zero attached hydrogens (tertiary/aromatic N) is 2. The first-order valence-corrected chi connectivity index (χ1v) is 4.94. The van der Waals surface area contributed by atoms with Gasteiger partial charge in [-0.1, -0.05) is 6.92 Å². The van der Waals surface area contributed by atoms with Gasteiger partial charge in [-0.15, -0.1) is 0 Å². The summed E-state index contributed by atoms with van der Waals surface area (Å²) in [6, 6.07) is 5.71. The molecule has 0 fully saturated rings. The summed E-state index contributed by atoms with van der Waals surface area (Å²) in [5, 5.41) is 3.32. The van der Waals surface area contributed by atoms with E-state index in [-0.39, 0.29) is 6.04 Å². The third-order valence-corrected chi connectivity index (χ3v) is 2.14. The Morgan fingerprint density at radius 3 is 3.00 bits per heavy atom. The van der Waals surface area contributed by atoms with E-state index < -0.39 is 0 Å². The average molecular weight is 203 g/mol. The van der Waals surface area contributed by atoms with Crippen molar-refractivity contribution in [2.24, 2.45) is 0 Å². The molecule has 0 aliphatic heterocycles. The van der Waals surface area contributed by atoms with E-state index in [1.165, 1.54) is 0 Å². The van der Waals surface area contributed by atoms with Crippen LogP contribution in [0.15, 0.2) is 41.4 Å². The molecule has 0 aromatic carbocycles. The van der Waals surface area contributed by atoms with Crippen LogP contribution in [0, 0.1) is 0 Å². The normalized spacial score (nSPS) is 12.6. The number of hydrogen-bond donors (Lipinski definition) is 1. The van der Waals surface area contributed by atoms with E-state index in [1.54, 1.807) is 18.8 Å². The largest absolute Gasteiger partial charge is 0.467 e. The molecule has 0 amide bonds. The number of nitrogens with one attached hydrogen (secondary N) is 1. The Morgan fingerprint density at radius 2 is 2.40 bits per heavy atom. The van der Waals surface area contributed by atoms with Crippen LogP contribution in [-0.2, 0) is 0 Å².